The Morgan fingerprint density at radius 2 is 1.86 bits per heavy atom. The first-order valence-corrected chi connectivity index (χ1v) is 13.4. The smallest absolute Gasteiger partial charge is 0.242 e. The molecule has 0 aromatic heterocycles. The summed E-state index contributed by atoms with van der Waals surface area (Å²) in [5.74, 6) is -0.653. The number of methoxy groups -OCH3 is 1. The van der Waals surface area contributed by atoms with Crippen molar-refractivity contribution < 1.29 is 27.1 Å². The second-order valence-electron chi connectivity index (χ2n) is 8.22. The van der Waals surface area contributed by atoms with Gasteiger partial charge in [-0.05, 0) is 38.0 Å². The van der Waals surface area contributed by atoms with E-state index >= 15 is 0 Å². The van der Waals surface area contributed by atoms with Crippen molar-refractivity contribution in [2.24, 2.45) is 0 Å². The van der Waals surface area contributed by atoms with Gasteiger partial charge >= 0.3 is 0 Å². The molecule has 0 aliphatic carbocycles. The number of hydrogen-bond acceptors (Lipinski definition) is 5. The number of amides is 2. The summed E-state index contributed by atoms with van der Waals surface area (Å²) in [6.45, 7) is 3.97. The molecular weight excluding hydrogens is 473 g/mol. The maximum Gasteiger partial charge on any atom is 0.242 e. The largest absolute Gasteiger partial charge is 0.497 e. The van der Waals surface area contributed by atoms with E-state index in [1.807, 2.05) is 6.92 Å². The van der Waals surface area contributed by atoms with Gasteiger partial charge in [0.05, 0.1) is 19.1 Å². The summed E-state index contributed by atoms with van der Waals surface area (Å²) < 4.78 is 45.5. The summed E-state index contributed by atoms with van der Waals surface area (Å²) in [4.78, 5) is 27.1. The van der Waals surface area contributed by atoms with E-state index in [4.69, 9.17) is 4.74 Å². The molecule has 2 rings (SSSR count). The van der Waals surface area contributed by atoms with Gasteiger partial charge < -0.3 is 15.0 Å². The maximum absolute atomic E-state index is 14.3. The van der Waals surface area contributed by atoms with Crippen LogP contribution in [-0.2, 0) is 26.2 Å². The van der Waals surface area contributed by atoms with Crippen LogP contribution in [-0.4, -0.2) is 57.6 Å². The SMILES string of the molecule is CCCNC(=O)[C@@H](C)N(Cc1ccccc1F)C(=O)CCCN(c1cccc(OC)c1)S(C)(=O)=O. The molecule has 0 aliphatic heterocycles. The van der Waals surface area contributed by atoms with E-state index in [1.54, 1.807) is 49.4 Å². The highest BCUT2D eigenvalue weighted by Gasteiger charge is 2.27. The average molecular weight is 508 g/mol. The van der Waals surface area contributed by atoms with Crippen molar-refractivity contribution >= 4 is 27.5 Å². The van der Waals surface area contributed by atoms with Gasteiger partial charge in [-0.2, -0.15) is 0 Å². The van der Waals surface area contributed by atoms with Crippen LogP contribution in [0.15, 0.2) is 48.5 Å². The lowest BCUT2D eigenvalue weighted by Crippen LogP contribution is -2.48. The lowest BCUT2D eigenvalue weighted by atomic mass is 10.1. The number of sulfonamides is 1. The Bertz CT molecular complexity index is 1110. The molecule has 2 aromatic rings. The minimum absolute atomic E-state index is 0.0180. The van der Waals surface area contributed by atoms with Crippen LogP contribution in [0.4, 0.5) is 10.1 Å². The van der Waals surface area contributed by atoms with Gasteiger partial charge in [-0.15, -0.1) is 0 Å². The zero-order chi connectivity index (χ0) is 26.0. The number of hydrogen-bond donors (Lipinski definition) is 1. The molecular formula is C25H34FN3O5S. The molecule has 0 saturated heterocycles. The van der Waals surface area contributed by atoms with Gasteiger partial charge in [0, 0.05) is 37.7 Å². The van der Waals surface area contributed by atoms with E-state index in [2.05, 4.69) is 5.32 Å². The van der Waals surface area contributed by atoms with Gasteiger partial charge in [0.15, 0.2) is 0 Å². The first-order valence-electron chi connectivity index (χ1n) is 11.5. The minimum atomic E-state index is -3.62. The summed E-state index contributed by atoms with van der Waals surface area (Å²) in [6.07, 6.45) is 2.03. The topological polar surface area (TPSA) is 96.0 Å². The Balaban J connectivity index is 2.17. The number of nitrogens with zero attached hydrogens (tertiary/aromatic N) is 2. The molecule has 0 heterocycles. The highest BCUT2D eigenvalue weighted by Crippen LogP contribution is 2.24. The van der Waals surface area contributed by atoms with Crippen LogP contribution < -0.4 is 14.4 Å². The predicted molar refractivity (Wildman–Crippen MR) is 134 cm³/mol. The molecule has 192 valence electrons. The second-order valence-corrected chi connectivity index (χ2v) is 10.1. The molecule has 1 N–H and O–H groups in total. The lowest BCUT2D eigenvalue weighted by Gasteiger charge is -2.29. The number of halogens is 1. The molecule has 1 atom stereocenters. The van der Waals surface area contributed by atoms with Crippen molar-refractivity contribution in [2.45, 2.75) is 45.7 Å². The summed E-state index contributed by atoms with van der Waals surface area (Å²) in [6, 6.07) is 11.9. The molecule has 35 heavy (non-hydrogen) atoms. The van der Waals surface area contributed by atoms with Crippen molar-refractivity contribution in [3.8, 4) is 5.75 Å². The fourth-order valence-corrected chi connectivity index (χ4v) is 4.52. The van der Waals surface area contributed by atoms with Crippen LogP contribution in [0.5, 0.6) is 5.75 Å². The van der Waals surface area contributed by atoms with Crippen molar-refractivity contribution in [3.05, 3.63) is 59.9 Å². The van der Waals surface area contributed by atoms with E-state index in [0.717, 1.165) is 12.7 Å². The fraction of sp³-hybridized carbons (Fsp3) is 0.440. The zero-order valence-electron chi connectivity index (χ0n) is 20.7. The Morgan fingerprint density at radius 3 is 2.49 bits per heavy atom. The number of benzene rings is 2. The van der Waals surface area contributed by atoms with Gasteiger partial charge in [-0.3, -0.25) is 13.9 Å². The Hall–Kier alpha value is -3.14. The van der Waals surface area contributed by atoms with Crippen LogP contribution in [0.1, 0.15) is 38.7 Å². The predicted octanol–water partition coefficient (Wildman–Crippen LogP) is 3.32. The first kappa shape index (κ1) is 28.1. The van der Waals surface area contributed by atoms with E-state index in [-0.39, 0.29) is 37.7 Å². The van der Waals surface area contributed by atoms with Gasteiger partial charge in [0.2, 0.25) is 21.8 Å². The van der Waals surface area contributed by atoms with Crippen molar-refractivity contribution in [1.29, 1.82) is 0 Å². The number of ether oxygens (including phenoxy) is 1. The molecule has 2 aromatic carbocycles. The fourth-order valence-electron chi connectivity index (χ4n) is 3.56. The highest BCUT2D eigenvalue weighted by atomic mass is 32.2. The standard InChI is InChI=1S/C25H34FN3O5S/c1-5-15-27-25(31)19(2)28(18-20-10-6-7-13-23(20)26)24(30)14-9-16-29(35(4,32)33)21-11-8-12-22(17-21)34-3/h6-8,10-13,17,19H,5,9,14-16,18H2,1-4H3,(H,27,31)/t19-/m1/s1. The van der Waals surface area contributed by atoms with Gasteiger partial charge in [-0.1, -0.05) is 31.2 Å². The van der Waals surface area contributed by atoms with Gasteiger partial charge in [0.1, 0.15) is 17.6 Å². The normalized spacial score (nSPS) is 12.0. The van der Waals surface area contributed by atoms with E-state index < -0.39 is 21.9 Å². The Labute approximate surface area is 207 Å². The van der Waals surface area contributed by atoms with Crippen LogP contribution in [0.25, 0.3) is 0 Å². The summed E-state index contributed by atoms with van der Waals surface area (Å²) in [5.41, 5.74) is 0.722. The molecule has 8 nitrogen and oxygen atoms in total. The lowest BCUT2D eigenvalue weighted by molar-refractivity contribution is -0.140. The molecule has 0 unspecified atom stereocenters. The van der Waals surface area contributed by atoms with E-state index in [9.17, 15) is 22.4 Å². The van der Waals surface area contributed by atoms with Crippen LogP contribution in [0.3, 0.4) is 0 Å². The van der Waals surface area contributed by atoms with Crippen molar-refractivity contribution in [3.63, 3.8) is 0 Å². The Kier molecular flexibility index (Phi) is 10.5. The van der Waals surface area contributed by atoms with Gasteiger partial charge in [-0.25, -0.2) is 12.8 Å². The molecule has 0 aliphatic rings. The van der Waals surface area contributed by atoms with E-state index in [0.29, 0.717) is 23.5 Å². The first-order chi connectivity index (χ1) is 16.6. The molecule has 10 heteroatoms. The summed E-state index contributed by atoms with van der Waals surface area (Å²) in [7, 11) is -2.13. The maximum atomic E-state index is 14.3. The molecule has 0 fully saturated rings. The molecule has 0 saturated carbocycles. The molecule has 0 bridgehead atoms. The molecule has 0 spiro atoms. The number of rotatable bonds is 13. The molecule has 0 radical (unpaired) electrons. The van der Waals surface area contributed by atoms with Crippen LogP contribution >= 0.6 is 0 Å². The number of nitrogens with one attached hydrogen (secondary N) is 1. The number of anilines is 1. The highest BCUT2D eigenvalue weighted by molar-refractivity contribution is 7.92. The van der Waals surface area contributed by atoms with Crippen LogP contribution in [0, 0.1) is 5.82 Å². The third-order valence-electron chi connectivity index (χ3n) is 5.51. The number of carbonyl (C=O) groups is 2. The van der Waals surface area contributed by atoms with Crippen molar-refractivity contribution in [1.82, 2.24) is 10.2 Å². The van der Waals surface area contributed by atoms with Crippen LogP contribution in [0.2, 0.25) is 0 Å². The minimum Gasteiger partial charge on any atom is -0.497 e. The summed E-state index contributed by atoms with van der Waals surface area (Å²) in [5, 5.41) is 2.77. The monoisotopic (exact) mass is 507 g/mol. The molecule has 2 amide bonds. The zero-order valence-corrected chi connectivity index (χ0v) is 21.5. The quantitative estimate of drug-likeness (QED) is 0.449. The average Bonchev–Trinajstić information content (AvgIpc) is 2.83. The third-order valence-corrected chi connectivity index (χ3v) is 6.70. The Morgan fingerprint density at radius 1 is 1.14 bits per heavy atom. The van der Waals surface area contributed by atoms with Crippen molar-refractivity contribution in [2.75, 3.05) is 30.8 Å². The number of carbonyl (C=O) groups excluding carboxylic acids is 2. The van der Waals surface area contributed by atoms with E-state index in [1.165, 1.54) is 22.4 Å². The third kappa shape index (κ3) is 8.24. The summed E-state index contributed by atoms with van der Waals surface area (Å²) >= 11 is 0. The second kappa shape index (κ2) is 13.1. The van der Waals surface area contributed by atoms with Gasteiger partial charge in [0.25, 0.3) is 0 Å².